The molecule has 0 aromatic carbocycles. The Hall–Kier alpha value is -1.91. The van der Waals surface area contributed by atoms with Crippen LogP contribution in [-0.4, -0.2) is 34.8 Å². The van der Waals surface area contributed by atoms with Gasteiger partial charge in [0.2, 0.25) is 11.8 Å². The molecule has 2 heterocycles. The summed E-state index contributed by atoms with van der Waals surface area (Å²) in [6, 6.07) is 3.55. The van der Waals surface area contributed by atoms with Crippen molar-refractivity contribution in [2.45, 2.75) is 20.3 Å². The van der Waals surface area contributed by atoms with Gasteiger partial charge in [-0.05, 0) is 18.1 Å². The zero-order chi connectivity index (χ0) is 13.8. The van der Waals surface area contributed by atoms with E-state index in [9.17, 15) is 9.59 Å². The molecule has 1 aliphatic heterocycles. The summed E-state index contributed by atoms with van der Waals surface area (Å²) in [7, 11) is 0. The Labute approximate surface area is 113 Å². The number of carbonyl (C=O) groups excluding carboxylic acids is 2. The third-order valence-corrected chi connectivity index (χ3v) is 3.10. The summed E-state index contributed by atoms with van der Waals surface area (Å²) in [6.07, 6.45) is 3.55. The fourth-order valence-electron chi connectivity index (χ4n) is 2.25. The topological polar surface area (TPSA) is 62.3 Å². The van der Waals surface area contributed by atoms with E-state index < -0.39 is 0 Å². The van der Waals surface area contributed by atoms with Crippen LogP contribution in [0.25, 0.3) is 0 Å². The molecule has 0 aliphatic carbocycles. The van der Waals surface area contributed by atoms with E-state index in [1.807, 2.05) is 0 Å². The molecule has 1 fully saturated rings. The predicted molar refractivity (Wildman–Crippen MR) is 72.4 cm³/mol. The van der Waals surface area contributed by atoms with E-state index in [1.54, 1.807) is 29.4 Å². The van der Waals surface area contributed by atoms with E-state index in [2.05, 4.69) is 24.1 Å². The average Bonchev–Trinajstić information content (AvgIpc) is 2.71. The van der Waals surface area contributed by atoms with Crippen LogP contribution in [0.15, 0.2) is 24.5 Å². The lowest BCUT2D eigenvalue weighted by atomic mass is 10.1. The molecule has 102 valence electrons. The molecule has 1 aromatic rings. The smallest absolute Gasteiger partial charge is 0.229 e. The van der Waals surface area contributed by atoms with Crippen LogP contribution in [-0.2, 0) is 9.59 Å². The molecule has 0 bridgehead atoms. The standard InChI is InChI=1S/C14H19N3O2/c1-10(2)8-17-9-11(6-13(17)18)14(19)16-12-4-3-5-15-7-12/h3-5,7,10-11H,6,8-9H2,1-2H3,(H,16,19)/t11-/m1/s1. The van der Waals surface area contributed by atoms with Crippen molar-refractivity contribution in [3.8, 4) is 0 Å². The molecule has 1 atom stereocenters. The van der Waals surface area contributed by atoms with Crippen molar-refractivity contribution in [1.29, 1.82) is 0 Å². The lowest BCUT2D eigenvalue weighted by molar-refractivity contribution is -0.128. The Morgan fingerprint density at radius 2 is 2.37 bits per heavy atom. The minimum atomic E-state index is -0.258. The van der Waals surface area contributed by atoms with Crippen molar-refractivity contribution >= 4 is 17.5 Å². The molecule has 5 nitrogen and oxygen atoms in total. The van der Waals surface area contributed by atoms with Gasteiger partial charge in [-0.3, -0.25) is 14.6 Å². The van der Waals surface area contributed by atoms with Crippen molar-refractivity contribution in [2.75, 3.05) is 18.4 Å². The first-order valence-electron chi connectivity index (χ1n) is 6.55. The molecule has 19 heavy (non-hydrogen) atoms. The summed E-state index contributed by atoms with van der Waals surface area (Å²) in [5.74, 6) is 0.128. The number of rotatable bonds is 4. The van der Waals surface area contributed by atoms with E-state index in [4.69, 9.17) is 0 Å². The molecule has 2 amide bonds. The molecule has 0 radical (unpaired) electrons. The van der Waals surface area contributed by atoms with E-state index in [0.717, 1.165) is 6.54 Å². The fraction of sp³-hybridized carbons (Fsp3) is 0.500. The Morgan fingerprint density at radius 1 is 1.58 bits per heavy atom. The van der Waals surface area contributed by atoms with E-state index in [-0.39, 0.29) is 17.7 Å². The van der Waals surface area contributed by atoms with Crippen molar-refractivity contribution in [3.05, 3.63) is 24.5 Å². The van der Waals surface area contributed by atoms with Gasteiger partial charge in [0.1, 0.15) is 0 Å². The summed E-state index contributed by atoms with van der Waals surface area (Å²) >= 11 is 0. The van der Waals surface area contributed by atoms with Gasteiger partial charge in [-0.25, -0.2) is 0 Å². The van der Waals surface area contributed by atoms with Gasteiger partial charge in [0.05, 0.1) is 17.8 Å². The largest absolute Gasteiger partial charge is 0.342 e. The van der Waals surface area contributed by atoms with Crippen molar-refractivity contribution in [1.82, 2.24) is 9.88 Å². The van der Waals surface area contributed by atoms with Gasteiger partial charge >= 0.3 is 0 Å². The summed E-state index contributed by atoms with van der Waals surface area (Å²) in [6.45, 7) is 5.37. The van der Waals surface area contributed by atoms with Crippen LogP contribution in [0.1, 0.15) is 20.3 Å². The minimum absolute atomic E-state index is 0.0695. The van der Waals surface area contributed by atoms with Crippen LogP contribution in [0.3, 0.4) is 0 Å². The van der Waals surface area contributed by atoms with Crippen LogP contribution in [0.2, 0.25) is 0 Å². The Balaban J connectivity index is 1.93. The Bertz CT molecular complexity index is 459. The van der Waals surface area contributed by atoms with Gasteiger partial charge in [-0.2, -0.15) is 0 Å². The van der Waals surface area contributed by atoms with Crippen LogP contribution >= 0.6 is 0 Å². The van der Waals surface area contributed by atoms with Crippen molar-refractivity contribution in [2.24, 2.45) is 11.8 Å². The number of pyridine rings is 1. The number of nitrogens with one attached hydrogen (secondary N) is 1. The van der Waals surface area contributed by atoms with Gasteiger partial charge in [0.25, 0.3) is 0 Å². The minimum Gasteiger partial charge on any atom is -0.342 e. The maximum absolute atomic E-state index is 12.1. The highest BCUT2D eigenvalue weighted by Gasteiger charge is 2.34. The van der Waals surface area contributed by atoms with Gasteiger partial charge in [-0.1, -0.05) is 13.8 Å². The SMILES string of the molecule is CC(C)CN1C[C@H](C(=O)Nc2cccnc2)CC1=O. The molecule has 2 rings (SSSR count). The fourth-order valence-corrected chi connectivity index (χ4v) is 2.25. The molecular weight excluding hydrogens is 242 g/mol. The number of hydrogen-bond donors (Lipinski definition) is 1. The van der Waals surface area contributed by atoms with Crippen molar-refractivity contribution in [3.63, 3.8) is 0 Å². The quantitative estimate of drug-likeness (QED) is 0.894. The zero-order valence-electron chi connectivity index (χ0n) is 11.3. The molecule has 5 heteroatoms. The molecular formula is C14H19N3O2. The summed E-state index contributed by atoms with van der Waals surface area (Å²) in [4.78, 5) is 29.6. The lowest BCUT2D eigenvalue weighted by Crippen LogP contribution is -2.31. The summed E-state index contributed by atoms with van der Waals surface area (Å²) < 4.78 is 0. The molecule has 1 aliphatic rings. The average molecular weight is 261 g/mol. The Kier molecular flexibility index (Phi) is 4.14. The summed E-state index contributed by atoms with van der Waals surface area (Å²) in [5, 5.41) is 2.80. The van der Waals surface area contributed by atoms with Crippen LogP contribution in [0, 0.1) is 11.8 Å². The van der Waals surface area contributed by atoms with E-state index in [0.29, 0.717) is 24.6 Å². The van der Waals surface area contributed by atoms with Crippen LogP contribution in [0.4, 0.5) is 5.69 Å². The highest BCUT2D eigenvalue weighted by atomic mass is 16.2. The number of likely N-dealkylation sites (tertiary alicyclic amines) is 1. The number of carbonyl (C=O) groups is 2. The third kappa shape index (κ3) is 3.53. The molecule has 0 unspecified atom stereocenters. The highest BCUT2D eigenvalue weighted by molar-refractivity contribution is 5.97. The Morgan fingerprint density at radius 3 is 3.00 bits per heavy atom. The second kappa shape index (κ2) is 5.82. The van der Waals surface area contributed by atoms with Crippen molar-refractivity contribution < 1.29 is 9.59 Å². The molecule has 0 saturated carbocycles. The molecule has 1 N–H and O–H groups in total. The van der Waals surface area contributed by atoms with Gasteiger partial charge in [0, 0.05) is 25.7 Å². The second-order valence-corrected chi connectivity index (χ2v) is 5.32. The second-order valence-electron chi connectivity index (χ2n) is 5.32. The normalized spacial score (nSPS) is 19.0. The maximum atomic E-state index is 12.1. The van der Waals surface area contributed by atoms with Gasteiger partial charge in [0.15, 0.2) is 0 Å². The first kappa shape index (κ1) is 13.5. The third-order valence-electron chi connectivity index (χ3n) is 3.10. The van der Waals surface area contributed by atoms with E-state index >= 15 is 0 Å². The first-order chi connectivity index (χ1) is 9.06. The number of hydrogen-bond acceptors (Lipinski definition) is 3. The summed E-state index contributed by atoms with van der Waals surface area (Å²) in [5.41, 5.74) is 0.669. The monoisotopic (exact) mass is 261 g/mol. The molecule has 0 spiro atoms. The highest BCUT2D eigenvalue weighted by Crippen LogP contribution is 2.20. The number of nitrogens with zero attached hydrogens (tertiary/aromatic N) is 2. The van der Waals surface area contributed by atoms with Gasteiger partial charge in [-0.15, -0.1) is 0 Å². The van der Waals surface area contributed by atoms with E-state index in [1.165, 1.54) is 0 Å². The molecule has 1 aromatic heterocycles. The van der Waals surface area contributed by atoms with Crippen LogP contribution < -0.4 is 5.32 Å². The van der Waals surface area contributed by atoms with Gasteiger partial charge < -0.3 is 10.2 Å². The number of aromatic nitrogens is 1. The maximum Gasteiger partial charge on any atom is 0.229 e. The first-order valence-corrected chi connectivity index (χ1v) is 6.55. The predicted octanol–water partition coefficient (Wildman–Crippen LogP) is 1.52. The van der Waals surface area contributed by atoms with Crippen LogP contribution in [0.5, 0.6) is 0 Å². The lowest BCUT2D eigenvalue weighted by Gasteiger charge is -2.18. The zero-order valence-corrected chi connectivity index (χ0v) is 11.3. The number of anilines is 1. The number of amides is 2. The molecule has 1 saturated heterocycles.